The van der Waals surface area contributed by atoms with Gasteiger partial charge in [-0.1, -0.05) is 32.4 Å². The number of carbonyl (C=O) groups is 1. The predicted octanol–water partition coefficient (Wildman–Crippen LogP) is 2.93. The minimum absolute atomic E-state index is 0.273. The van der Waals surface area contributed by atoms with Gasteiger partial charge in [0.25, 0.3) is 0 Å². The van der Waals surface area contributed by atoms with Gasteiger partial charge in [0.15, 0.2) is 5.60 Å². The first-order chi connectivity index (χ1) is 7.64. The van der Waals surface area contributed by atoms with Crippen molar-refractivity contribution in [1.82, 2.24) is 0 Å². The fourth-order valence-electron chi connectivity index (χ4n) is 1.09. The average Bonchev–Trinajstić information content (AvgIpc) is 2.20. The lowest BCUT2D eigenvalue weighted by Gasteiger charge is -2.17. The molecular weight excluding hydrogens is 216 g/mol. The van der Waals surface area contributed by atoms with E-state index in [1.807, 2.05) is 6.92 Å². The molecule has 0 aromatic rings. The van der Waals surface area contributed by atoms with Crippen molar-refractivity contribution in [3.05, 3.63) is 11.6 Å². The summed E-state index contributed by atoms with van der Waals surface area (Å²) in [7, 11) is 0. The van der Waals surface area contributed by atoms with E-state index in [-0.39, 0.29) is 5.92 Å². The summed E-state index contributed by atoms with van der Waals surface area (Å²) in [6.07, 6.45) is 3.08. The van der Waals surface area contributed by atoms with Crippen LogP contribution in [0.15, 0.2) is 11.6 Å². The highest BCUT2D eigenvalue weighted by Gasteiger charge is 2.25. The van der Waals surface area contributed by atoms with E-state index >= 15 is 0 Å². The van der Waals surface area contributed by atoms with Crippen molar-refractivity contribution >= 4 is 5.97 Å². The van der Waals surface area contributed by atoms with Gasteiger partial charge in [-0.25, -0.2) is 4.79 Å². The molecular formula is C14H26O3. The largest absolute Gasteiger partial charge is 0.463 e. The first-order valence-corrected chi connectivity index (χ1v) is 6.20. The van der Waals surface area contributed by atoms with E-state index in [0.29, 0.717) is 12.5 Å². The van der Waals surface area contributed by atoms with Crippen LogP contribution in [0, 0.1) is 11.8 Å². The van der Waals surface area contributed by atoms with Gasteiger partial charge in [0, 0.05) is 0 Å². The maximum Gasteiger partial charge on any atom is 0.337 e. The molecule has 3 heteroatoms. The van der Waals surface area contributed by atoms with Gasteiger partial charge in [-0.15, -0.1) is 0 Å². The van der Waals surface area contributed by atoms with Gasteiger partial charge in [0.2, 0.25) is 0 Å². The monoisotopic (exact) mass is 242 g/mol. The number of carbonyl (C=O) groups excluding carboxylic acids is 1. The average molecular weight is 242 g/mol. The summed E-state index contributed by atoms with van der Waals surface area (Å²) >= 11 is 0. The zero-order valence-corrected chi connectivity index (χ0v) is 11.9. The molecule has 1 atom stereocenters. The molecule has 0 spiro atoms. The van der Waals surface area contributed by atoms with Crippen LogP contribution in [0.2, 0.25) is 0 Å². The number of allylic oxidation sites excluding steroid dienone is 2. The standard InChI is InChI=1S/C14H26O3/c1-10(2)12(4)8-7-11(3)9-17-13(15)14(5,6)16/h8,10-11,16H,7,9H2,1-6H3. The number of rotatable bonds is 6. The van der Waals surface area contributed by atoms with Crippen LogP contribution >= 0.6 is 0 Å². The third kappa shape index (κ3) is 7.16. The molecule has 0 saturated carbocycles. The zero-order chi connectivity index (χ0) is 13.6. The van der Waals surface area contributed by atoms with Crippen molar-refractivity contribution in [2.75, 3.05) is 6.61 Å². The molecule has 100 valence electrons. The molecule has 3 nitrogen and oxygen atoms in total. The maximum atomic E-state index is 11.3. The smallest absolute Gasteiger partial charge is 0.337 e. The van der Waals surface area contributed by atoms with Crippen LogP contribution in [0.5, 0.6) is 0 Å². The summed E-state index contributed by atoms with van der Waals surface area (Å²) in [6, 6.07) is 0. The number of hydrogen-bond donors (Lipinski definition) is 1. The fraction of sp³-hybridized carbons (Fsp3) is 0.786. The maximum absolute atomic E-state index is 11.3. The number of aliphatic hydroxyl groups is 1. The summed E-state index contributed by atoms with van der Waals surface area (Å²) < 4.78 is 5.04. The topological polar surface area (TPSA) is 46.5 Å². The lowest BCUT2D eigenvalue weighted by atomic mass is 10.0. The Morgan fingerprint density at radius 1 is 1.35 bits per heavy atom. The minimum Gasteiger partial charge on any atom is -0.463 e. The molecule has 0 fully saturated rings. The van der Waals surface area contributed by atoms with Crippen molar-refractivity contribution in [3.63, 3.8) is 0 Å². The second-order valence-electron chi connectivity index (χ2n) is 5.60. The van der Waals surface area contributed by atoms with Crippen LogP contribution < -0.4 is 0 Å². The van der Waals surface area contributed by atoms with Crippen molar-refractivity contribution in [2.24, 2.45) is 11.8 Å². The summed E-state index contributed by atoms with van der Waals surface area (Å²) in [5.74, 6) is 0.269. The third-order valence-electron chi connectivity index (χ3n) is 2.75. The quantitative estimate of drug-likeness (QED) is 0.575. The molecule has 0 aliphatic carbocycles. The second kappa shape index (κ2) is 6.80. The highest BCUT2D eigenvalue weighted by Crippen LogP contribution is 2.13. The van der Waals surface area contributed by atoms with Crippen LogP contribution in [0.1, 0.15) is 48.0 Å². The Bertz CT molecular complexity index is 272. The molecule has 1 unspecified atom stereocenters. The summed E-state index contributed by atoms with van der Waals surface area (Å²) in [5.41, 5.74) is -0.0469. The van der Waals surface area contributed by atoms with Gasteiger partial charge in [-0.05, 0) is 39.0 Å². The van der Waals surface area contributed by atoms with E-state index in [1.165, 1.54) is 19.4 Å². The highest BCUT2D eigenvalue weighted by atomic mass is 16.5. The lowest BCUT2D eigenvalue weighted by molar-refractivity contribution is -0.163. The number of esters is 1. The van der Waals surface area contributed by atoms with E-state index in [1.54, 1.807) is 0 Å². The van der Waals surface area contributed by atoms with Gasteiger partial charge in [0.05, 0.1) is 6.61 Å². The van der Waals surface area contributed by atoms with E-state index in [9.17, 15) is 9.90 Å². The normalized spacial score (nSPS) is 14.9. The van der Waals surface area contributed by atoms with Crippen LogP contribution in [-0.2, 0) is 9.53 Å². The molecule has 17 heavy (non-hydrogen) atoms. The summed E-state index contributed by atoms with van der Waals surface area (Å²) in [5, 5.41) is 9.40. The van der Waals surface area contributed by atoms with Gasteiger partial charge >= 0.3 is 5.97 Å². The molecule has 0 rings (SSSR count). The van der Waals surface area contributed by atoms with Gasteiger partial charge in [-0.3, -0.25) is 0 Å². The Labute approximate surface area is 105 Å². The van der Waals surface area contributed by atoms with Crippen LogP contribution in [0.4, 0.5) is 0 Å². The first kappa shape index (κ1) is 16.2. The SMILES string of the molecule is CC(=CCC(C)COC(=O)C(C)(C)O)C(C)C. The molecule has 0 aliphatic rings. The number of hydrogen-bond acceptors (Lipinski definition) is 3. The van der Waals surface area contributed by atoms with E-state index in [4.69, 9.17) is 4.74 Å². The Morgan fingerprint density at radius 3 is 2.29 bits per heavy atom. The van der Waals surface area contributed by atoms with Crippen LogP contribution in [0.25, 0.3) is 0 Å². The lowest BCUT2D eigenvalue weighted by Crippen LogP contribution is -2.34. The predicted molar refractivity (Wildman–Crippen MR) is 69.6 cm³/mol. The Balaban J connectivity index is 4.01. The Morgan fingerprint density at radius 2 is 1.88 bits per heavy atom. The molecule has 0 heterocycles. The fourth-order valence-corrected chi connectivity index (χ4v) is 1.09. The van der Waals surface area contributed by atoms with Crippen molar-refractivity contribution in [3.8, 4) is 0 Å². The van der Waals surface area contributed by atoms with Crippen molar-refractivity contribution in [2.45, 2.75) is 53.6 Å². The summed E-state index contributed by atoms with van der Waals surface area (Å²) in [4.78, 5) is 11.3. The third-order valence-corrected chi connectivity index (χ3v) is 2.75. The first-order valence-electron chi connectivity index (χ1n) is 6.20. The molecule has 1 N–H and O–H groups in total. The van der Waals surface area contributed by atoms with E-state index < -0.39 is 11.6 Å². The Hall–Kier alpha value is -0.830. The number of ether oxygens (including phenoxy) is 1. The molecule has 0 bridgehead atoms. The molecule has 0 aliphatic heterocycles. The second-order valence-corrected chi connectivity index (χ2v) is 5.60. The summed E-state index contributed by atoms with van der Waals surface area (Å²) in [6.45, 7) is 11.7. The molecule has 0 amide bonds. The molecule has 0 radical (unpaired) electrons. The van der Waals surface area contributed by atoms with Gasteiger partial charge in [-0.2, -0.15) is 0 Å². The van der Waals surface area contributed by atoms with Crippen molar-refractivity contribution in [1.29, 1.82) is 0 Å². The molecule has 0 aromatic carbocycles. The molecule has 0 saturated heterocycles. The van der Waals surface area contributed by atoms with Gasteiger partial charge in [0.1, 0.15) is 0 Å². The minimum atomic E-state index is -1.40. The van der Waals surface area contributed by atoms with Crippen molar-refractivity contribution < 1.29 is 14.6 Å². The van der Waals surface area contributed by atoms with E-state index in [0.717, 1.165) is 6.42 Å². The molecule has 0 aromatic heterocycles. The Kier molecular flexibility index (Phi) is 6.46. The van der Waals surface area contributed by atoms with Gasteiger partial charge < -0.3 is 9.84 Å². The highest BCUT2D eigenvalue weighted by molar-refractivity contribution is 5.78. The van der Waals surface area contributed by atoms with Crippen LogP contribution in [-0.4, -0.2) is 23.3 Å². The van der Waals surface area contributed by atoms with Crippen LogP contribution in [0.3, 0.4) is 0 Å². The van der Waals surface area contributed by atoms with E-state index in [2.05, 4.69) is 26.8 Å². The zero-order valence-electron chi connectivity index (χ0n) is 11.9.